The van der Waals surface area contributed by atoms with Gasteiger partial charge in [0.1, 0.15) is 0 Å². The molecule has 0 N–H and O–H groups in total. The molecular weight excluding hydrogens is 412 g/mol. The van der Waals surface area contributed by atoms with Crippen LogP contribution in [-0.4, -0.2) is 49.1 Å². The van der Waals surface area contributed by atoms with E-state index >= 15 is 0 Å². The fraction of sp³-hybridized carbons (Fsp3) is 0.440. The second kappa shape index (κ2) is 9.84. The first kappa shape index (κ1) is 21.8. The van der Waals surface area contributed by atoms with Gasteiger partial charge in [-0.05, 0) is 61.1 Å². The number of rotatable bonds is 7. The lowest BCUT2D eigenvalue weighted by atomic mass is 10.0. The van der Waals surface area contributed by atoms with Crippen molar-refractivity contribution in [1.82, 2.24) is 4.90 Å². The second-order valence-electron chi connectivity index (χ2n) is 8.34. The molecule has 0 spiro atoms. The van der Waals surface area contributed by atoms with Crippen molar-refractivity contribution in [2.24, 2.45) is 0 Å². The first-order chi connectivity index (χ1) is 15.0. The molecule has 0 aliphatic carbocycles. The summed E-state index contributed by atoms with van der Waals surface area (Å²) in [6.45, 7) is 5.15. The van der Waals surface area contributed by atoms with E-state index < -0.39 is 0 Å². The molecule has 0 bridgehead atoms. The second-order valence-corrected chi connectivity index (χ2v) is 8.77. The van der Waals surface area contributed by atoms with Gasteiger partial charge in [0.25, 0.3) is 0 Å². The van der Waals surface area contributed by atoms with Crippen LogP contribution in [0.4, 0.5) is 5.69 Å². The number of esters is 1. The van der Waals surface area contributed by atoms with Crippen LogP contribution in [0.25, 0.3) is 0 Å². The van der Waals surface area contributed by atoms with E-state index in [2.05, 4.69) is 11.0 Å². The summed E-state index contributed by atoms with van der Waals surface area (Å²) in [4.78, 5) is 29.1. The van der Waals surface area contributed by atoms with E-state index in [0.717, 1.165) is 60.7 Å². The molecule has 4 rings (SSSR count). The highest BCUT2D eigenvalue weighted by Gasteiger charge is 2.35. The summed E-state index contributed by atoms with van der Waals surface area (Å²) in [7, 11) is 0. The number of hydrogen-bond donors (Lipinski definition) is 0. The Bertz CT molecular complexity index is 954. The topological polar surface area (TPSA) is 49.9 Å². The van der Waals surface area contributed by atoms with Gasteiger partial charge in [0, 0.05) is 36.4 Å². The monoisotopic (exact) mass is 440 g/mol. The number of anilines is 1. The van der Waals surface area contributed by atoms with Gasteiger partial charge in [0.05, 0.1) is 19.4 Å². The van der Waals surface area contributed by atoms with Crippen LogP contribution in [0, 0.1) is 0 Å². The Labute approximate surface area is 188 Å². The molecule has 2 aromatic rings. The van der Waals surface area contributed by atoms with Crippen molar-refractivity contribution in [2.45, 2.75) is 45.1 Å². The zero-order valence-electron chi connectivity index (χ0n) is 18.0. The van der Waals surface area contributed by atoms with E-state index in [0.29, 0.717) is 13.0 Å². The number of piperidine rings is 1. The third-order valence-electron chi connectivity index (χ3n) is 6.20. The van der Waals surface area contributed by atoms with Gasteiger partial charge in [-0.25, -0.2) is 0 Å². The summed E-state index contributed by atoms with van der Waals surface area (Å²) in [5, 5.41) is 0.782. The minimum Gasteiger partial charge on any atom is -0.466 e. The number of carbonyl (C=O) groups excluding carboxylic acids is 2. The maximum Gasteiger partial charge on any atom is 0.310 e. The number of fused-ring (bicyclic) bond motifs is 1. The molecule has 6 heteroatoms. The van der Waals surface area contributed by atoms with Gasteiger partial charge in [0.15, 0.2) is 0 Å². The Morgan fingerprint density at radius 3 is 2.68 bits per heavy atom. The van der Waals surface area contributed by atoms with Gasteiger partial charge in [-0.3, -0.25) is 9.59 Å². The predicted molar refractivity (Wildman–Crippen MR) is 123 cm³/mol. The quantitative estimate of drug-likeness (QED) is 0.609. The summed E-state index contributed by atoms with van der Waals surface area (Å²) in [5.74, 6) is -0.0630. The zero-order valence-corrected chi connectivity index (χ0v) is 18.7. The number of halogens is 1. The average molecular weight is 441 g/mol. The summed E-state index contributed by atoms with van der Waals surface area (Å²) in [6, 6.07) is 14.2. The fourth-order valence-electron chi connectivity index (χ4n) is 4.64. The lowest BCUT2D eigenvalue weighted by Crippen LogP contribution is -2.46. The molecule has 1 fully saturated rings. The van der Waals surface area contributed by atoms with Crippen LogP contribution in [0.1, 0.15) is 36.5 Å². The number of carbonyl (C=O) groups is 2. The number of nitrogens with zero attached hydrogens (tertiary/aromatic N) is 2. The Balaban J connectivity index is 1.36. The third-order valence-corrected chi connectivity index (χ3v) is 6.44. The molecule has 2 aliphatic rings. The van der Waals surface area contributed by atoms with Gasteiger partial charge < -0.3 is 14.5 Å². The van der Waals surface area contributed by atoms with Crippen molar-refractivity contribution in [3.05, 3.63) is 64.2 Å². The minimum atomic E-state index is -0.230. The Kier molecular flexibility index (Phi) is 6.93. The molecule has 2 heterocycles. The van der Waals surface area contributed by atoms with Crippen LogP contribution in [0.2, 0.25) is 5.02 Å². The van der Waals surface area contributed by atoms with Crippen molar-refractivity contribution in [3.8, 4) is 0 Å². The molecule has 164 valence electrons. The predicted octanol–water partition coefficient (Wildman–Crippen LogP) is 4.04. The van der Waals surface area contributed by atoms with E-state index in [1.807, 2.05) is 48.2 Å². The molecule has 0 unspecified atom stereocenters. The van der Waals surface area contributed by atoms with Crippen molar-refractivity contribution >= 4 is 29.2 Å². The summed E-state index contributed by atoms with van der Waals surface area (Å²) in [5.41, 5.74) is 4.19. The SMILES string of the molecule is CCOC(=O)Cc1ccc2c(c1)N(C1CCN(CCc3cccc(Cl)c3)CC1)C(=O)C2. The van der Waals surface area contributed by atoms with Crippen molar-refractivity contribution in [2.75, 3.05) is 31.1 Å². The first-order valence-corrected chi connectivity index (χ1v) is 11.5. The van der Waals surface area contributed by atoms with Gasteiger partial charge in [0.2, 0.25) is 5.91 Å². The molecule has 0 saturated carbocycles. The van der Waals surface area contributed by atoms with Crippen molar-refractivity contribution in [1.29, 1.82) is 0 Å². The molecule has 0 radical (unpaired) electrons. The third kappa shape index (κ3) is 5.28. The smallest absolute Gasteiger partial charge is 0.310 e. The molecule has 5 nitrogen and oxygen atoms in total. The number of likely N-dealkylation sites (tertiary alicyclic amines) is 1. The molecule has 31 heavy (non-hydrogen) atoms. The Morgan fingerprint density at radius 1 is 1.13 bits per heavy atom. The van der Waals surface area contributed by atoms with Crippen molar-refractivity contribution < 1.29 is 14.3 Å². The first-order valence-electron chi connectivity index (χ1n) is 11.1. The highest BCUT2D eigenvalue weighted by Crippen LogP contribution is 2.34. The number of amides is 1. The lowest BCUT2D eigenvalue weighted by Gasteiger charge is -2.37. The molecule has 0 aromatic heterocycles. The van der Waals surface area contributed by atoms with E-state index in [9.17, 15) is 9.59 Å². The molecular formula is C25H29ClN2O3. The number of benzene rings is 2. The summed E-state index contributed by atoms with van der Waals surface area (Å²) < 4.78 is 5.07. The maximum absolute atomic E-state index is 12.8. The van der Waals surface area contributed by atoms with E-state index in [-0.39, 0.29) is 24.3 Å². The minimum absolute atomic E-state index is 0.167. The molecule has 0 atom stereocenters. The largest absolute Gasteiger partial charge is 0.466 e. The van der Waals surface area contributed by atoms with Crippen LogP contribution in [0.15, 0.2) is 42.5 Å². The summed E-state index contributed by atoms with van der Waals surface area (Å²) >= 11 is 6.09. The molecule has 2 aliphatic heterocycles. The van der Waals surface area contributed by atoms with Crippen LogP contribution < -0.4 is 4.90 Å². The van der Waals surface area contributed by atoms with Gasteiger partial charge in [-0.15, -0.1) is 0 Å². The Hall–Kier alpha value is -2.37. The highest BCUT2D eigenvalue weighted by atomic mass is 35.5. The van der Waals surface area contributed by atoms with E-state index in [4.69, 9.17) is 16.3 Å². The van der Waals surface area contributed by atoms with E-state index in [1.54, 1.807) is 0 Å². The van der Waals surface area contributed by atoms with Crippen molar-refractivity contribution in [3.63, 3.8) is 0 Å². The fourth-order valence-corrected chi connectivity index (χ4v) is 4.85. The summed E-state index contributed by atoms with van der Waals surface area (Å²) in [6.07, 6.45) is 3.59. The average Bonchev–Trinajstić information content (AvgIpc) is 3.08. The lowest BCUT2D eigenvalue weighted by molar-refractivity contribution is -0.142. The van der Waals surface area contributed by atoms with E-state index in [1.165, 1.54) is 5.56 Å². The number of hydrogen-bond acceptors (Lipinski definition) is 4. The van der Waals surface area contributed by atoms with Gasteiger partial charge >= 0.3 is 5.97 Å². The molecule has 2 aromatic carbocycles. The van der Waals surface area contributed by atoms with Crippen LogP contribution in [0.5, 0.6) is 0 Å². The van der Waals surface area contributed by atoms with Gasteiger partial charge in [-0.2, -0.15) is 0 Å². The molecule has 1 saturated heterocycles. The maximum atomic E-state index is 12.8. The van der Waals surface area contributed by atoms with Crippen LogP contribution in [-0.2, 0) is 33.6 Å². The Morgan fingerprint density at radius 2 is 1.94 bits per heavy atom. The van der Waals surface area contributed by atoms with Crippen LogP contribution >= 0.6 is 11.6 Å². The zero-order chi connectivity index (χ0) is 21.8. The normalized spacial score (nSPS) is 17.1. The highest BCUT2D eigenvalue weighted by molar-refractivity contribution is 6.30. The van der Waals surface area contributed by atoms with Crippen LogP contribution in [0.3, 0.4) is 0 Å². The number of ether oxygens (including phenoxy) is 1. The molecule has 1 amide bonds. The van der Waals surface area contributed by atoms with Gasteiger partial charge in [-0.1, -0.05) is 35.9 Å². The standard InChI is InChI=1S/C25H29ClN2O3/c1-2-31-25(30)16-19-6-7-20-17-24(29)28(23(20)15-19)22-9-12-27(13-10-22)11-8-18-4-3-5-21(26)14-18/h3-7,14-15,22H,2,8-13,16-17H2,1H3.